The molecule has 1 fully saturated rings. The molecule has 1 aliphatic rings. The minimum atomic E-state index is -4.59. The summed E-state index contributed by atoms with van der Waals surface area (Å²) in [5.74, 6) is -0.221. The van der Waals surface area contributed by atoms with E-state index in [1.54, 1.807) is 12.1 Å². The average molecular weight is 456 g/mol. The molecule has 0 aliphatic carbocycles. The highest BCUT2D eigenvalue weighted by atomic mass is 32.1. The summed E-state index contributed by atoms with van der Waals surface area (Å²) >= 11 is 5.20. The Bertz CT molecular complexity index is 888. The number of thiocarbonyl (C=S) groups is 1. The zero-order valence-electron chi connectivity index (χ0n) is 17.2. The van der Waals surface area contributed by atoms with Gasteiger partial charge in [0.2, 0.25) is 5.95 Å². The Hall–Kier alpha value is -2.49. The van der Waals surface area contributed by atoms with E-state index in [2.05, 4.69) is 20.6 Å². The molecule has 2 heterocycles. The number of piperidine rings is 1. The summed E-state index contributed by atoms with van der Waals surface area (Å²) in [6.07, 6.45) is -0.293. The molecule has 0 bridgehead atoms. The first-order valence-corrected chi connectivity index (χ1v) is 10.7. The molecule has 0 radical (unpaired) electrons. The summed E-state index contributed by atoms with van der Waals surface area (Å²) in [5, 5.41) is 5.78. The zero-order valence-corrected chi connectivity index (χ0v) is 18.0. The molecule has 5 nitrogen and oxygen atoms in total. The van der Waals surface area contributed by atoms with Crippen LogP contribution in [-0.2, 0) is 12.6 Å². The molecule has 1 aromatic carbocycles. The summed E-state index contributed by atoms with van der Waals surface area (Å²) in [4.78, 5) is 9.78. The van der Waals surface area contributed by atoms with Gasteiger partial charge in [0.05, 0.1) is 0 Å². The average Bonchev–Trinajstić information content (AvgIpc) is 2.72. The molecule has 168 valence electrons. The number of anilines is 2. The molecule has 31 heavy (non-hydrogen) atoms. The summed E-state index contributed by atoms with van der Waals surface area (Å²) in [6, 6.07) is 7.33. The van der Waals surface area contributed by atoms with E-state index in [1.807, 2.05) is 11.8 Å². The van der Waals surface area contributed by atoms with Gasteiger partial charge < -0.3 is 15.5 Å². The van der Waals surface area contributed by atoms with E-state index in [0.717, 1.165) is 30.9 Å². The predicted octanol–water partition coefficient (Wildman–Crippen LogP) is 4.93. The first-order chi connectivity index (χ1) is 14.7. The molecule has 1 aliphatic heterocycles. The summed E-state index contributed by atoms with van der Waals surface area (Å²) in [5.41, 5.74) is -0.0135. The number of aromatic nitrogens is 2. The monoisotopic (exact) mass is 455 g/mol. The standard InChI is InChI=1S/C21H25F4N5S/c1-14-5-2-3-12-30(14)18-13-17(21(23,24)25)27-19(28-18)29-20(31)26-11-4-6-15-7-9-16(22)10-8-15/h7-10,13-14H,2-6,11-12H2,1H3,(H2,26,27,28,29,31)/t14-/m1/s1. The Kier molecular flexibility index (Phi) is 7.64. The van der Waals surface area contributed by atoms with Crippen molar-refractivity contribution in [1.29, 1.82) is 0 Å². The summed E-state index contributed by atoms with van der Waals surface area (Å²) < 4.78 is 53.1. The second kappa shape index (κ2) is 10.2. The van der Waals surface area contributed by atoms with Crippen molar-refractivity contribution in [3.8, 4) is 0 Å². The van der Waals surface area contributed by atoms with E-state index in [0.29, 0.717) is 25.9 Å². The number of aryl methyl sites for hydroxylation is 1. The van der Waals surface area contributed by atoms with E-state index in [1.165, 1.54) is 12.1 Å². The predicted molar refractivity (Wildman–Crippen MR) is 117 cm³/mol. The molecule has 10 heteroatoms. The molecule has 0 saturated carbocycles. The highest BCUT2D eigenvalue weighted by molar-refractivity contribution is 7.80. The van der Waals surface area contributed by atoms with Crippen LogP contribution in [0.15, 0.2) is 30.3 Å². The van der Waals surface area contributed by atoms with Gasteiger partial charge in [0.1, 0.15) is 11.6 Å². The van der Waals surface area contributed by atoms with Crippen LogP contribution in [0.2, 0.25) is 0 Å². The van der Waals surface area contributed by atoms with Gasteiger partial charge in [-0.15, -0.1) is 0 Å². The van der Waals surface area contributed by atoms with Crippen molar-refractivity contribution in [3.05, 3.63) is 47.4 Å². The molecular weight excluding hydrogens is 430 g/mol. The van der Waals surface area contributed by atoms with Crippen LogP contribution in [0.3, 0.4) is 0 Å². The topological polar surface area (TPSA) is 53.1 Å². The van der Waals surface area contributed by atoms with Crippen LogP contribution >= 0.6 is 12.2 Å². The van der Waals surface area contributed by atoms with E-state index in [9.17, 15) is 17.6 Å². The number of benzene rings is 1. The van der Waals surface area contributed by atoms with Crippen molar-refractivity contribution in [2.45, 2.75) is 51.2 Å². The number of hydrogen-bond donors (Lipinski definition) is 2. The lowest BCUT2D eigenvalue weighted by Crippen LogP contribution is -2.38. The van der Waals surface area contributed by atoms with Crippen molar-refractivity contribution in [3.63, 3.8) is 0 Å². The van der Waals surface area contributed by atoms with E-state index in [-0.39, 0.29) is 28.7 Å². The van der Waals surface area contributed by atoms with Gasteiger partial charge >= 0.3 is 6.18 Å². The Morgan fingerprint density at radius 2 is 1.94 bits per heavy atom. The van der Waals surface area contributed by atoms with Gasteiger partial charge in [-0.25, -0.2) is 9.37 Å². The maximum atomic E-state index is 13.4. The maximum absolute atomic E-state index is 13.4. The largest absolute Gasteiger partial charge is 0.433 e. The van der Waals surface area contributed by atoms with Gasteiger partial charge in [0.15, 0.2) is 10.8 Å². The van der Waals surface area contributed by atoms with Crippen LogP contribution in [0.1, 0.15) is 43.9 Å². The lowest BCUT2D eigenvalue weighted by Gasteiger charge is -2.34. The van der Waals surface area contributed by atoms with Crippen molar-refractivity contribution in [2.24, 2.45) is 0 Å². The van der Waals surface area contributed by atoms with Gasteiger partial charge in [-0.1, -0.05) is 12.1 Å². The van der Waals surface area contributed by atoms with Crippen LogP contribution in [0, 0.1) is 5.82 Å². The van der Waals surface area contributed by atoms with Crippen molar-refractivity contribution >= 4 is 29.1 Å². The molecule has 0 amide bonds. The van der Waals surface area contributed by atoms with Crippen LogP contribution in [-0.4, -0.2) is 34.2 Å². The molecule has 2 aromatic rings. The van der Waals surface area contributed by atoms with Gasteiger partial charge in [0.25, 0.3) is 0 Å². The summed E-state index contributed by atoms with van der Waals surface area (Å²) in [7, 11) is 0. The Balaban J connectivity index is 1.61. The molecule has 2 N–H and O–H groups in total. The van der Waals surface area contributed by atoms with Crippen LogP contribution in [0.5, 0.6) is 0 Å². The number of halogens is 4. The minimum absolute atomic E-state index is 0.106. The number of nitrogens with zero attached hydrogens (tertiary/aromatic N) is 3. The van der Waals surface area contributed by atoms with Crippen molar-refractivity contribution in [1.82, 2.24) is 15.3 Å². The Morgan fingerprint density at radius 3 is 2.61 bits per heavy atom. The fourth-order valence-corrected chi connectivity index (χ4v) is 3.71. The molecule has 1 atom stereocenters. The minimum Gasteiger partial charge on any atom is -0.362 e. The molecule has 0 spiro atoms. The van der Waals surface area contributed by atoms with E-state index in [4.69, 9.17) is 12.2 Å². The SMILES string of the molecule is C[C@@H]1CCCCN1c1cc(C(F)(F)F)nc(NC(=S)NCCCc2ccc(F)cc2)n1. The lowest BCUT2D eigenvalue weighted by molar-refractivity contribution is -0.141. The lowest BCUT2D eigenvalue weighted by atomic mass is 10.0. The first kappa shape index (κ1) is 23.2. The Labute approximate surface area is 184 Å². The maximum Gasteiger partial charge on any atom is 0.433 e. The second-order valence-electron chi connectivity index (χ2n) is 7.58. The van der Waals surface area contributed by atoms with Gasteiger partial charge in [-0.3, -0.25) is 0 Å². The van der Waals surface area contributed by atoms with Crippen LogP contribution in [0.25, 0.3) is 0 Å². The second-order valence-corrected chi connectivity index (χ2v) is 7.99. The zero-order chi connectivity index (χ0) is 22.4. The number of rotatable bonds is 6. The number of hydrogen-bond acceptors (Lipinski definition) is 4. The third kappa shape index (κ3) is 6.75. The molecule has 1 aromatic heterocycles. The molecule has 0 unspecified atom stereocenters. The number of nitrogens with one attached hydrogen (secondary N) is 2. The normalized spacial score (nSPS) is 16.8. The number of alkyl halides is 3. The van der Waals surface area contributed by atoms with Gasteiger partial charge in [0, 0.05) is 25.2 Å². The highest BCUT2D eigenvalue weighted by Crippen LogP contribution is 2.32. The van der Waals surface area contributed by atoms with Crippen molar-refractivity contribution in [2.75, 3.05) is 23.3 Å². The van der Waals surface area contributed by atoms with E-state index < -0.39 is 11.9 Å². The Morgan fingerprint density at radius 1 is 1.19 bits per heavy atom. The molecular formula is C21H25F4N5S. The quantitative estimate of drug-likeness (QED) is 0.366. The highest BCUT2D eigenvalue weighted by Gasteiger charge is 2.35. The summed E-state index contributed by atoms with van der Waals surface area (Å²) in [6.45, 7) is 3.13. The molecule has 3 rings (SSSR count). The van der Waals surface area contributed by atoms with E-state index >= 15 is 0 Å². The van der Waals surface area contributed by atoms with Crippen LogP contribution in [0.4, 0.5) is 29.3 Å². The third-order valence-electron chi connectivity index (χ3n) is 5.17. The van der Waals surface area contributed by atoms with Crippen molar-refractivity contribution < 1.29 is 17.6 Å². The first-order valence-electron chi connectivity index (χ1n) is 10.2. The fourth-order valence-electron chi connectivity index (χ4n) is 3.51. The molecule has 1 saturated heterocycles. The van der Waals surface area contributed by atoms with Gasteiger partial charge in [-0.2, -0.15) is 18.2 Å². The van der Waals surface area contributed by atoms with Gasteiger partial charge in [-0.05, 0) is 68.9 Å². The third-order valence-corrected chi connectivity index (χ3v) is 5.41. The fraction of sp³-hybridized carbons (Fsp3) is 0.476. The smallest absolute Gasteiger partial charge is 0.362 e. The van der Waals surface area contributed by atoms with Crippen LogP contribution < -0.4 is 15.5 Å².